The Labute approximate surface area is 116 Å². The quantitative estimate of drug-likeness (QED) is 0.682. The molecule has 0 aliphatic heterocycles. The van der Waals surface area contributed by atoms with Crippen LogP contribution in [0.1, 0.15) is 38.1 Å². The van der Waals surface area contributed by atoms with Gasteiger partial charge in [0.05, 0.1) is 24.1 Å². The number of carbonyl (C=O) groups excluding carboxylic acids is 2. The van der Waals surface area contributed by atoms with Crippen LogP contribution < -0.4 is 5.32 Å². The Kier molecular flexibility index (Phi) is 5.01. The van der Waals surface area contributed by atoms with Crippen molar-refractivity contribution in [1.82, 2.24) is 4.98 Å². The molecular formula is C13H17FN2O4. The number of pyridine rings is 1. The average molecular weight is 284 g/mol. The number of halogens is 1. The summed E-state index contributed by atoms with van der Waals surface area (Å²) in [4.78, 5) is 26.7. The number of esters is 1. The molecule has 0 unspecified atom stereocenters. The maximum Gasteiger partial charge on any atom is 0.412 e. The first kappa shape index (κ1) is 15.9. The summed E-state index contributed by atoms with van der Waals surface area (Å²) in [5.41, 5.74) is -0.786. The van der Waals surface area contributed by atoms with Crippen molar-refractivity contribution >= 4 is 17.7 Å². The lowest BCUT2D eigenvalue weighted by Crippen LogP contribution is -2.28. The molecule has 0 fully saturated rings. The van der Waals surface area contributed by atoms with Gasteiger partial charge in [-0.3, -0.25) is 5.32 Å². The third-order valence-corrected chi connectivity index (χ3v) is 2.00. The SMILES string of the molecule is CCOC(=O)c1cc(F)ncc1NC(=O)OC(C)(C)C. The second-order valence-corrected chi connectivity index (χ2v) is 4.90. The highest BCUT2D eigenvalue weighted by Crippen LogP contribution is 2.18. The van der Waals surface area contributed by atoms with Gasteiger partial charge in [-0.2, -0.15) is 4.39 Å². The fourth-order valence-corrected chi connectivity index (χ4v) is 1.32. The molecule has 1 amide bonds. The maximum absolute atomic E-state index is 13.1. The highest BCUT2D eigenvalue weighted by molar-refractivity contribution is 5.99. The summed E-state index contributed by atoms with van der Waals surface area (Å²) in [7, 11) is 0. The second-order valence-electron chi connectivity index (χ2n) is 4.90. The molecule has 1 aromatic rings. The van der Waals surface area contributed by atoms with E-state index in [1.54, 1.807) is 27.7 Å². The van der Waals surface area contributed by atoms with Gasteiger partial charge in [0.1, 0.15) is 5.60 Å². The number of anilines is 1. The first-order valence-electron chi connectivity index (χ1n) is 6.05. The van der Waals surface area contributed by atoms with E-state index in [2.05, 4.69) is 10.3 Å². The molecule has 20 heavy (non-hydrogen) atoms. The molecule has 0 bridgehead atoms. The molecule has 0 saturated heterocycles. The van der Waals surface area contributed by atoms with Crippen molar-refractivity contribution in [2.45, 2.75) is 33.3 Å². The highest BCUT2D eigenvalue weighted by atomic mass is 19.1. The highest BCUT2D eigenvalue weighted by Gasteiger charge is 2.20. The van der Waals surface area contributed by atoms with Gasteiger partial charge in [-0.05, 0) is 27.7 Å². The van der Waals surface area contributed by atoms with Crippen molar-refractivity contribution in [1.29, 1.82) is 0 Å². The summed E-state index contributed by atoms with van der Waals surface area (Å²) in [6, 6.07) is 0.894. The van der Waals surface area contributed by atoms with E-state index in [1.165, 1.54) is 0 Å². The summed E-state index contributed by atoms with van der Waals surface area (Å²) in [6.45, 7) is 6.84. The lowest BCUT2D eigenvalue weighted by atomic mass is 10.2. The minimum absolute atomic E-state index is 0.0269. The number of hydrogen-bond acceptors (Lipinski definition) is 5. The first-order valence-corrected chi connectivity index (χ1v) is 6.05. The zero-order chi connectivity index (χ0) is 15.3. The van der Waals surface area contributed by atoms with Crippen LogP contribution in [0.5, 0.6) is 0 Å². The van der Waals surface area contributed by atoms with Crippen LogP contribution in [0, 0.1) is 5.95 Å². The standard InChI is InChI=1S/C13H17FN2O4/c1-5-19-11(17)8-6-10(14)15-7-9(8)16-12(18)20-13(2,3)4/h6-7H,5H2,1-4H3,(H,16,18). The molecule has 0 atom stereocenters. The first-order chi connectivity index (χ1) is 9.23. The van der Waals surface area contributed by atoms with Gasteiger partial charge >= 0.3 is 12.1 Å². The summed E-state index contributed by atoms with van der Waals surface area (Å²) in [5.74, 6) is -1.59. The molecule has 6 nitrogen and oxygen atoms in total. The number of aromatic nitrogens is 1. The van der Waals surface area contributed by atoms with Gasteiger partial charge in [0.15, 0.2) is 0 Å². The van der Waals surface area contributed by atoms with Crippen LogP contribution in [-0.4, -0.2) is 29.3 Å². The largest absolute Gasteiger partial charge is 0.462 e. The number of hydrogen-bond donors (Lipinski definition) is 1. The minimum atomic E-state index is -0.845. The van der Waals surface area contributed by atoms with Crippen LogP contribution in [-0.2, 0) is 9.47 Å². The zero-order valence-corrected chi connectivity index (χ0v) is 11.8. The summed E-state index contributed by atoms with van der Waals surface area (Å²) in [5, 5.41) is 2.34. The molecule has 1 aromatic heterocycles. The van der Waals surface area contributed by atoms with E-state index in [0.717, 1.165) is 12.3 Å². The van der Waals surface area contributed by atoms with Crippen LogP contribution in [0.25, 0.3) is 0 Å². The lowest BCUT2D eigenvalue weighted by molar-refractivity contribution is 0.0527. The molecule has 0 saturated carbocycles. The van der Waals surface area contributed by atoms with Gasteiger partial charge < -0.3 is 9.47 Å². The molecular weight excluding hydrogens is 267 g/mol. The Morgan fingerprint density at radius 2 is 2.05 bits per heavy atom. The fraction of sp³-hybridized carbons (Fsp3) is 0.462. The minimum Gasteiger partial charge on any atom is -0.462 e. The van der Waals surface area contributed by atoms with Crippen molar-refractivity contribution in [3.05, 3.63) is 23.8 Å². The van der Waals surface area contributed by atoms with E-state index >= 15 is 0 Å². The Hall–Kier alpha value is -2.18. The third-order valence-electron chi connectivity index (χ3n) is 2.00. The molecule has 1 N–H and O–H groups in total. The number of amides is 1. The summed E-state index contributed by atoms with van der Waals surface area (Å²) >= 11 is 0. The molecule has 0 aliphatic carbocycles. The topological polar surface area (TPSA) is 77.5 Å². The van der Waals surface area contributed by atoms with Crippen LogP contribution in [0.3, 0.4) is 0 Å². The van der Waals surface area contributed by atoms with E-state index < -0.39 is 23.6 Å². The average Bonchev–Trinajstić information content (AvgIpc) is 2.29. The van der Waals surface area contributed by atoms with Crippen LogP contribution in [0.4, 0.5) is 14.9 Å². The molecule has 7 heteroatoms. The fourth-order valence-electron chi connectivity index (χ4n) is 1.32. The van der Waals surface area contributed by atoms with Gasteiger partial charge in [0.25, 0.3) is 0 Å². The van der Waals surface area contributed by atoms with Gasteiger partial charge in [0, 0.05) is 6.07 Å². The van der Waals surface area contributed by atoms with Gasteiger partial charge in [-0.1, -0.05) is 0 Å². The smallest absolute Gasteiger partial charge is 0.412 e. The van der Waals surface area contributed by atoms with E-state index in [1.807, 2.05) is 0 Å². The Bertz CT molecular complexity index is 512. The molecule has 1 heterocycles. The lowest BCUT2D eigenvalue weighted by Gasteiger charge is -2.20. The number of carbonyl (C=O) groups is 2. The van der Waals surface area contributed by atoms with Gasteiger partial charge in [0.2, 0.25) is 5.95 Å². The predicted octanol–water partition coefficient (Wildman–Crippen LogP) is 2.74. The van der Waals surface area contributed by atoms with Crippen molar-refractivity contribution in [2.24, 2.45) is 0 Å². The van der Waals surface area contributed by atoms with E-state index in [-0.39, 0.29) is 17.9 Å². The van der Waals surface area contributed by atoms with Crippen LogP contribution in [0.2, 0.25) is 0 Å². The number of nitrogens with zero attached hydrogens (tertiary/aromatic N) is 1. The van der Waals surface area contributed by atoms with E-state index in [9.17, 15) is 14.0 Å². The number of nitrogens with one attached hydrogen (secondary N) is 1. The van der Waals surface area contributed by atoms with Crippen molar-refractivity contribution in [3.8, 4) is 0 Å². The molecule has 110 valence electrons. The molecule has 0 aliphatic rings. The molecule has 0 aromatic carbocycles. The number of ether oxygens (including phenoxy) is 2. The molecule has 0 radical (unpaired) electrons. The van der Waals surface area contributed by atoms with E-state index in [4.69, 9.17) is 9.47 Å². The second kappa shape index (κ2) is 6.31. The number of rotatable bonds is 3. The van der Waals surface area contributed by atoms with Gasteiger partial charge in [-0.15, -0.1) is 0 Å². The van der Waals surface area contributed by atoms with Crippen molar-refractivity contribution in [3.63, 3.8) is 0 Å². The van der Waals surface area contributed by atoms with Crippen LogP contribution >= 0.6 is 0 Å². The Morgan fingerprint density at radius 3 is 2.60 bits per heavy atom. The normalized spacial score (nSPS) is 10.8. The third kappa shape index (κ3) is 4.83. The zero-order valence-electron chi connectivity index (χ0n) is 11.8. The molecule has 1 rings (SSSR count). The maximum atomic E-state index is 13.1. The molecule has 0 spiro atoms. The summed E-state index contributed by atoms with van der Waals surface area (Å²) in [6.07, 6.45) is 0.266. The van der Waals surface area contributed by atoms with Crippen molar-refractivity contribution in [2.75, 3.05) is 11.9 Å². The Balaban J connectivity index is 2.94. The monoisotopic (exact) mass is 284 g/mol. The van der Waals surface area contributed by atoms with Crippen LogP contribution in [0.15, 0.2) is 12.3 Å². The van der Waals surface area contributed by atoms with Gasteiger partial charge in [-0.25, -0.2) is 14.6 Å². The van der Waals surface area contributed by atoms with E-state index in [0.29, 0.717) is 0 Å². The predicted molar refractivity (Wildman–Crippen MR) is 70.0 cm³/mol. The van der Waals surface area contributed by atoms with Crippen molar-refractivity contribution < 1.29 is 23.5 Å². The summed E-state index contributed by atoms with van der Waals surface area (Å²) < 4.78 is 22.9. The Morgan fingerprint density at radius 1 is 1.40 bits per heavy atom.